The Kier molecular flexibility index (Phi) is 5.32. The molecular formula is C17H26N2O3S2. The molecule has 2 aliphatic heterocycles. The lowest BCUT2D eigenvalue weighted by molar-refractivity contribution is -0.139. The van der Waals surface area contributed by atoms with Crippen LogP contribution in [-0.2, 0) is 21.2 Å². The van der Waals surface area contributed by atoms with Crippen LogP contribution in [0.15, 0.2) is 11.4 Å². The first-order valence-electron chi connectivity index (χ1n) is 8.82. The molecule has 0 radical (unpaired) electrons. The highest BCUT2D eigenvalue weighted by molar-refractivity contribution is 7.89. The fourth-order valence-corrected chi connectivity index (χ4v) is 5.96. The molecule has 0 aromatic carbocycles. The predicted molar refractivity (Wildman–Crippen MR) is 96.5 cm³/mol. The zero-order chi connectivity index (χ0) is 17.3. The van der Waals surface area contributed by atoms with E-state index in [1.807, 2.05) is 4.90 Å². The van der Waals surface area contributed by atoms with E-state index in [1.54, 1.807) is 22.6 Å². The second kappa shape index (κ2) is 7.14. The van der Waals surface area contributed by atoms with Gasteiger partial charge in [-0.3, -0.25) is 4.79 Å². The van der Waals surface area contributed by atoms with Gasteiger partial charge in [0, 0.05) is 30.4 Å². The molecule has 0 N–H and O–H groups in total. The van der Waals surface area contributed by atoms with Gasteiger partial charge < -0.3 is 4.90 Å². The van der Waals surface area contributed by atoms with E-state index in [1.165, 1.54) is 10.4 Å². The van der Waals surface area contributed by atoms with Crippen LogP contribution in [0.5, 0.6) is 0 Å². The van der Waals surface area contributed by atoms with Crippen molar-refractivity contribution in [2.45, 2.75) is 45.6 Å². The van der Waals surface area contributed by atoms with Gasteiger partial charge in [0.05, 0.1) is 11.8 Å². The first kappa shape index (κ1) is 17.9. The number of sulfonamides is 1. The summed E-state index contributed by atoms with van der Waals surface area (Å²) < 4.78 is 25.5. The molecule has 1 saturated heterocycles. The summed E-state index contributed by atoms with van der Waals surface area (Å²) in [4.78, 5) is 16.5. The molecule has 3 rings (SSSR count). The molecule has 7 heteroatoms. The third kappa shape index (κ3) is 3.26. The van der Waals surface area contributed by atoms with E-state index in [2.05, 4.69) is 18.4 Å². The van der Waals surface area contributed by atoms with Crippen LogP contribution in [0.3, 0.4) is 0 Å². The van der Waals surface area contributed by atoms with Crippen LogP contribution in [-0.4, -0.2) is 48.9 Å². The van der Waals surface area contributed by atoms with Crippen LogP contribution in [0.1, 0.15) is 49.6 Å². The average molecular weight is 371 g/mol. The highest BCUT2D eigenvalue weighted by Gasteiger charge is 2.36. The minimum Gasteiger partial charge on any atom is -0.335 e. The third-order valence-corrected chi connectivity index (χ3v) is 8.20. The Labute approximate surface area is 148 Å². The summed E-state index contributed by atoms with van der Waals surface area (Å²) in [5.74, 6) is 0.311. The van der Waals surface area contributed by atoms with Gasteiger partial charge in [-0.1, -0.05) is 6.92 Å². The Balaban J connectivity index is 1.68. The fourth-order valence-electron chi connectivity index (χ4n) is 3.90. The number of amides is 1. The lowest BCUT2D eigenvalue weighted by Crippen LogP contribution is -2.47. The molecule has 5 nitrogen and oxygen atoms in total. The third-order valence-electron chi connectivity index (χ3n) is 5.33. The Morgan fingerprint density at radius 1 is 1.25 bits per heavy atom. The molecule has 1 aromatic heterocycles. The molecule has 2 aliphatic rings. The maximum atomic E-state index is 13.0. The summed E-state index contributed by atoms with van der Waals surface area (Å²) >= 11 is 1.79. The van der Waals surface area contributed by atoms with E-state index in [-0.39, 0.29) is 23.6 Å². The summed E-state index contributed by atoms with van der Waals surface area (Å²) in [6.45, 7) is 5.54. The second-order valence-electron chi connectivity index (χ2n) is 6.58. The highest BCUT2D eigenvalue weighted by atomic mass is 32.2. The highest BCUT2D eigenvalue weighted by Crippen LogP contribution is 2.37. The summed E-state index contributed by atoms with van der Waals surface area (Å²) in [5, 5.41) is 2.12. The van der Waals surface area contributed by atoms with Crippen molar-refractivity contribution in [3.63, 3.8) is 0 Å². The molecule has 0 saturated carbocycles. The van der Waals surface area contributed by atoms with Gasteiger partial charge in [-0.15, -0.1) is 11.3 Å². The Bertz CT molecular complexity index is 690. The van der Waals surface area contributed by atoms with E-state index in [0.717, 1.165) is 19.4 Å². The van der Waals surface area contributed by atoms with Gasteiger partial charge in [0.15, 0.2) is 0 Å². The monoisotopic (exact) mass is 370 g/mol. The van der Waals surface area contributed by atoms with Gasteiger partial charge in [0.2, 0.25) is 15.9 Å². The number of hydrogen-bond donors (Lipinski definition) is 0. The molecule has 0 bridgehead atoms. The fraction of sp³-hybridized carbons (Fsp3) is 0.706. The van der Waals surface area contributed by atoms with Gasteiger partial charge >= 0.3 is 0 Å². The SMILES string of the molecule is CCC1c2ccsc2CCN1C(=O)C1CCN(S(=O)(=O)CC)CC1. The molecule has 1 atom stereocenters. The summed E-state index contributed by atoms with van der Waals surface area (Å²) in [5.41, 5.74) is 1.31. The normalized spacial score (nSPS) is 23.2. The van der Waals surface area contributed by atoms with Crippen molar-refractivity contribution < 1.29 is 13.2 Å². The summed E-state index contributed by atoms with van der Waals surface area (Å²) in [7, 11) is -3.13. The number of carbonyl (C=O) groups is 1. The maximum absolute atomic E-state index is 13.0. The number of hydrogen-bond acceptors (Lipinski definition) is 4. The van der Waals surface area contributed by atoms with Crippen molar-refractivity contribution in [1.82, 2.24) is 9.21 Å². The first-order chi connectivity index (χ1) is 11.5. The first-order valence-corrected chi connectivity index (χ1v) is 11.3. The van der Waals surface area contributed by atoms with E-state index >= 15 is 0 Å². The summed E-state index contributed by atoms with van der Waals surface area (Å²) in [6, 6.07) is 2.34. The molecular weight excluding hydrogens is 344 g/mol. The zero-order valence-corrected chi connectivity index (χ0v) is 16.0. The van der Waals surface area contributed by atoms with Crippen LogP contribution in [0.25, 0.3) is 0 Å². The van der Waals surface area contributed by atoms with E-state index in [9.17, 15) is 13.2 Å². The van der Waals surface area contributed by atoms with Crippen molar-refractivity contribution in [2.24, 2.45) is 5.92 Å². The number of rotatable bonds is 4. The van der Waals surface area contributed by atoms with E-state index in [4.69, 9.17) is 0 Å². The van der Waals surface area contributed by atoms with E-state index in [0.29, 0.717) is 25.9 Å². The number of fused-ring (bicyclic) bond motifs is 1. The average Bonchev–Trinajstić information content (AvgIpc) is 3.09. The topological polar surface area (TPSA) is 57.7 Å². The van der Waals surface area contributed by atoms with Crippen molar-refractivity contribution in [1.29, 1.82) is 0 Å². The van der Waals surface area contributed by atoms with Crippen molar-refractivity contribution in [2.75, 3.05) is 25.4 Å². The molecule has 0 aliphatic carbocycles. The van der Waals surface area contributed by atoms with Crippen LogP contribution in [0.4, 0.5) is 0 Å². The van der Waals surface area contributed by atoms with Crippen molar-refractivity contribution in [3.8, 4) is 0 Å². The molecule has 1 aromatic rings. The minimum absolute atomic E-state index is 0.0393. The van der Waals surface area contributed by atoms with Crippen LogP contribution < -0.4 is 0 Å². The second-order valence-corrected chi connectivity index (χ2v) is 9.84. The van der Waals surface area contributed by atoms with Crippen LogP contribution >= 0.6 is 11.3 Å². The number of nitrogens with zero attached hydrogens (tertiary/aromatic N) is 2. The Morgan fingerprint density at radius 3 is 2.58 bits per heavy atom. The standard InChI is InChI=1S/C17H26N2O3S2/c1-3-15-14-8-12-23-16(14)7-11-19(15)17(20)13-5-9-18(10-6-13)24(21,22)4-2/h8,12-13,15H,3-7,9-11H2,1-2H3. The van der Waals surface area contributed by atoms with Crippen molar-refractivity contribution in [3.05, 3.63) is 21.9 Å². The minimum atomic E-state index is -3.13. The van der Waals surface area contributed by atoms with Gasteiger partial charge in [0.25, 0.3) is 0 Å². The molecule has 24 heavy (non-hydrogen) atoms. The number of piperidine rings is 1. The van der Waals surface area contributed by atoms with Crippen LogP contribution in [0.2, 0.25) is 0 Å². The molecule has 0 spiro atoms. The molecule has 1 amide bonds. The largest absolute Gasteiger partial charge is 0.335 e. The number of thiophene rings is 1. The zero-order valence-electron chi connectivity index (χ0n) is 14.4. The van der Waals surface area contributed by atoms with Crippen LogP contribution in [0, 0.1) is 5.92 Å². The smallest absolute Gasteiger partial charge is 0.226 e. The molecule has 3 heterocycles. The maximum Gasteiger partial charge on any atom is 0.226 e. The predicted octanol–water partition coefficient (Wildman–Crippen LogP) is 2.65. The van der Waals surface area contributed by atoms with Crippen molar-refractivity contribution >= 4 is 27.3 Å². The molecule has 1 unspecified atom stereocenters. The Morgan fingerprint density at radius 2 is 1.96 bits per heavy atom. The van der Waals surface area contributed by atoms with E-state index < -0.39 is 10.0 Å². The van der Waals surface area contributed by atoms with Gasteiger partial charge in [-0.2, -0.15) is 0 Å². The molecule has 134 valence electrons. The quantitative estimate of drug-likeness (QED) is 0.819. The Hall–Kier alpha value is -0.920. The summed E-state index contributed by atoms with van der Waals surface area (Å²) in [6.07, 6.45) is 3.15. The van der Waals surface area contributed by atoms with Gasteiger partial charge in [0.1, 0.15) is 0 Å². The lowest BCUT2D eigenvalue weighted by Gasteiger charge is -2.39. The lowest BCUT2D eigenvalue weighted by atomic mass is 9.92. The van der Waals surface area contributed by atoms with Gasteiger partial charge in [-0.05, 0) is 49.6 Å². The molecule has 1 fully saturated rings. The van der Waals surface area contributed by atoms with Gasteiger partial charge in [-0.25, -0.2) is 12.7 Å². The number of carbonyl (C=O) groups excluding carboxylic acids is 1.